The molecule has 0 bridgehead atoms. The van der Waals surface area contributed by atoms with Gasteiger partial charge in [-0.25, -0.2) is 18.1 Å². The van der Waals surface area contributed by atoms with E-state index in [1.165, 1.54) is 0 Å². The van der Waals surface area contributed by atoms with E-state index < -0.39 is 10.0 Å². The minimum atomic E-state index is -3.08. The SMILES string of the molecule is O=S(=O)(NCCc1nc2ccccc2[nH]1)C1CC1. The molecular formula is C12H15N3O2S. The molecule has 0 aliphatic heterocycles. The summed E-state index contributed by atoms with van der Waals surface area (Å²) in [5.74, 6) is 0.815. The van der Waals surface area contributed by atoms with Gasteiger partial charge in [0.2, 0.25) is 10.0 Å². The molecule has 0 radical (unpaired) electrons. The van der Waals surface area contributed by atoms with Crippen LogP contribution in [0.4, 0.5) is 0 Å². The fraction of sp³-hybridized carbons (Fsp3) is 0.417. The van der Waals surface area contributed by atoms with Crippen LogP contribution in [0.25, 0.3) is 11.0 Å². The first kappa shape index (κ1) is 11.7. The molecule has 0 spiro atoms. The minimum absolute atomic E-state index is 0.159. The fourth-order valence-electron chi connectivity index (χ4n) is 1.93. The number of sulfonamides is 1. The Morgan fingerprint density at radius 1 is 1.33 bits per heavy atom. The molecule has 2 aromatic rings. The molecule has 1 saturated carbocycles. The van der Waals surface area contributed by atoms with Crippen LogP contribution in [0.2, 0.25) is 0 Å². The van der Waals surface area contributed by atoms with Gasteiger partial charge in [0.25, 0.3) is 0 Å². The van der Waals surface area contributed by atoms with Gasteiger partial charge in [-0.3, -0.25) is 0 Å². The van der Waals surface area contributed by atoms with E-state index in [0.29, 0.717) is 13.0 Å². The molecule has 0 saturated heterocycles. The highest BCUT2D eigenvalue weighted by molar-refractivity contribution is 7.90. The second-order valence-corrected chi connectivity index (χ2v) is 6.63. The molecule has 6 heteroatoms. The van der Waals surface area contributed by atoms with Gasteiger partial charge in [0.15, 0.2) is 0 Å². The Bertz CT molecular complexity index is 626. The second-order valence-electron chi connectivity index (χ2n) is 4.59. The van der Waals surface area contributed by atoms with Crippen LogP contribution in [0.15, 0.2) is 24.3 Å². The lowest BCUT2D eigenvalue weighted by Crippen LogP contribution is -2.29. The number of hydrogen-bond acceptors (Lipinski definition) is 3. The number of rotatable bonds is 5. The third kappa shape index (κ3) is 2.39. The number of H-pyrrole nitrogens is 1. The number of imidazole rings is 1. The van der Waals surface area contributed by atoms with Gasteiger partial charge in [0.1, 0.15) is 5.82 Å². The molecule has 1 fully saturated rings. The van der Waals surface area contributed by atoms with Crippen molar-refractivity contribution in [1.29, 1.82) is 0 Å². The molecule has 18 heavy (non-hydrogen) atoms. The Labute approximate surface area is 106 Å². The van der Waals surface area contributed by atoms with Crippen LogP contribution in [0, 0.1) is 0 Å². The summed E-state index contributed by atoms with van der Waals surface area (Å²) < 4.78 is 25.9. The summed E-state index contributed by atoms with van der Waals surface area (Å²) in [6.45, 7) is 0.401. The number of nitrogens with one attached hydrogen (secondary N) is 2. The lowest BCUT2D eigenvalue weighted by Gasteiger charge is -2.03. The molecule has 1 aromatic carbocycles. The van der Waals surface area contributed by atoms with Crippen molar-refractivity contribution < 1.29 is 8.42 Å². The third-order valence-electron chi connectivity index (χ3n) is 3.07. The number of aromatic amines is 1. The van der Waals surface area contributed by atoms with Gasteiger partial charge in [-0.15, -0.1) is 0 Å². The van der Waals surface area contributed by atoms with Crippen molar-refractivity contribution in [2.24, 2.45) is 0 Å². The summed E-state index contributed by atoms with van der Waals surface area (Å²) in [6, 6.07) is 7.77. The molecule has 2 N–H and O–H groups in total. The highest BCUT2D eigenvalue weighted by Gasteiger charge is 2.35. The Morgan fingerprint density at radius 3 is 2.83 bits per heavy atom. The number of nitrogens with zero attached hydrogens (tertiary/aromatic N) is 1. The highest BCUT2D eigenvalue weighted by atomic mass is 32.2. The summed E-state index contributed by atoms with van der Waals surface area (Å²) in [4.78, 5) is 7.58. The topological polar surface area (TPSA) is 74.8 Å². The van der Waals surface area contributed by atoms with E-state index in [4.69, 9.17) is 0 Å². The average Bonchev–Trinajstić information content (AvgIpc) is 3.10. The van der Waals surface area contributed by atoms with Gasteiger partial charge in [0.05, 0.1) is 16.3 Å². The minimum Gasteiger partial charge on any atom is -0.342 e. The van der Waals surface area contributed by atoms with E-state index in [-0.39, 0.29) is 5.25 Å². The summed E-state index contributed by atoms with van der Waals surface area (Å²) in [7, 11) is -3.08. The van der Waals surface area contributed by atoms with E-state index in [2.05, 4.69) is 14.7 Å². The van der Waals surface area contributed by atoms with Crippen LogP contribution < -0.4 is 4.72 Å². The molecule has 3 rings (SSSR count). The summed E-state index contributed by atoms with van der Waals surface area (Å²) >= 11 is 0. The molecule has 0 atom stereocenters. The zero-order chi connectivity index (χ0) is 12.6. The average molecular weight is 265 g/mol. The van der Waals surface area contributed by atoms with Crippen LogP contribution in [0.3, 0.4) is 0 Å². The smallest absolute Gasteiger partial charge is 0.214 e. The monoisotopic (exact) mass is 265 g/mol. The Morgan fingerprint density at radius 2 is 2.11 bits per heavy atom. The molecule has 0 amide bonds. The van der Waals surface area contributed by atoms with Crippen molar-refractivity contribution in [3.63, 3.8) is 0 Å². The fourth-order valence-corrected chi connectivity index (χ4v) is 3.31. The van der Waals surface area contributed by atoms with Crippen LogP contribution in [0.1, 0.15) is 18.7 Å². The van der Waals surface area contributed by atoms with Gasteiger partial charge in [-0.2, -0.15) is 0 Å². The first-order valence-corrected chi connectivity index (χ1v) is 7.62. The number of fused-ring (bicyclic) bond motifs is 1. The molecular weight excluding hydrogens is 250 g/mol. The van der Waals surface area contributed by atoms with Gasteiger partial charge in [0, 0.05) is 13.0 Å². The lowest BCUT2D eigenvalue weighted by molar-refractivity contribution is 0.579. The second kappa shape index (κ2) is 4.37. The van der Waals surface area contributed by atoms with Gasteiger partial charge in [-0.05, 0) is 25.0 Å². The van der Waals surface area contributed by atoms with E-state index in [9.17, 15) is 8.42 Å². The molecule has 1 aliphatic rings. The van der Waals surface area contributed by atoms with Crippen molar-refractivity contribution in [3.8, 4) is 0 Å². The maximum absolute atomic E-state index is 11.6. The standard InChI is InChI=1S/C12H15N3O2S/c16-18(17,9-5-6-9)13-8-7-12-14-10-3-1-2-4-11(10)15-12/h1-4,9,13H,5-8H2,(H,14,15). The quantitative estimate of drug-likeness (QED) is 0.852. The summed E-state index contributed by atoms with van der Waals surface area (Å²) in [5.41, 5.74) is 1.90. The predicted octanol–water partition coefficient (Wildman–Crippen LogP) is 1.19. The molecule has 1 aliphatic carbocycles. The van der Waals surface area contributed by atoms with Crippen LogP contribution in [0.5, 0.6) is 0 Å². The zero-order valence-electron chi connectivity index (χ0n) is 9.89. The predicted molar refractivity (Wildman–Crippen MR) is 69.7 cm³/mol. The highest BCUT2D eigenvalue weighted by Crippen LogP contribution is 2.27. The molecule has 0 unspecified atom stereocenters. The largest absolute Gasteiger partial charge is 0.342 e. The van der Waals surface area contributed by atoms with Crippen molar-refractivity contribution in [3.05, 3.63) is 30.1 Å². The van der Waals surface area contributed by atoms with Gasteiger partial charge < -0.3 is 4.98 Å². The molecule has 5 nitrogen and oxygen atoms in total. The Kier molecular flexibility index (Phi) is 2.83. The zero-order valence-corrected chi connectivity index (χ0v) is 10.7. The maximum atomic E-state index is 11.6. The number of benzene rings is 1. The first-order valence-electron chi connectivity index (χ1n) is 6.07. The lowest BCUT2D eigenvalue weighted by atomic mass is 10.3. The summed E-state index contributed by atoms with van der Waals surface area (Å²) in [5, 5.41) is -0.159. The molecule has 96 valence electrons. The van der Waals surface area contributed by atoms with Gasteiger partial charge >= 0.3 is 0 Å². The van der Waals surface area contributed by atoms with Crippen molar-refractivity contribution >= 4 is 21.1 Å². The Hall–Kier alpha value is -1.40. The van der Waals surface area contributed by atoms with E-state index in [1.807, 2.05) is 24.3 Å². The number of aromatic nitrogens is 2. The van der Waals surface area contributed by atoms with E-state index in [0.717, 1.165) is 29.7 Å². The van der Waals surface area contributed by atoms with Crippen LogP contribution >= 0.6 is 0 Å². The maximum Gasteiger partial charge on any atom is 0.214 e. The molecule has 1 aromatic heterocycles. The molecule has 1 heterocycles. The summed E-state index contributed by atoms with van der Waals surface area (Å²) in [6.07, 6.45) is 2.17. The number of para-hydroxylation sites is 2. The van der Waals surface area contributed by atoms with Crippen LogP contribution in [-0.2, 0) is 16.4 Å². The van der Waals surface area contributed by atoms with Crippen molar-refractivity contribution in [1.82, 2.24) is 14.7 Å². The van der Waals surface area contributed by atoms with E-state index >= 15 is 0 Å². The van der Waals surface area contributed by atoms with Crippen LogP contribution in [-0.4, -0.2) is 30.2 Å². The van der Waals surface area contributed by atoms with Crippen molar-refractivity contribution in [2.45, 2.75) is 24.5 Å². The number of hydrogen-bond donors (Lipinski definition) is 2. The first-order chi connectivity index (χ1) is 8.65. The van der Waals surface area contributed by atoms with E-state index in [1.54, 1.807) is 0 Å². The Balaban J connectivity index is 1.63. The normalized spacial score (nSPS) is 16.2. The van der Waals surface area contributed by atoms with Crippen molar-refractivity contribution in [2.75, 3.05) is 6.54 Å². The van der Waals surface area contributed by atoms with Gasteiger partial charge in [-0.1, -0.05) is 12.1 Å². The third-order valence-corrected chi connectivity index (χ3v) is 5.02.